The molecular weight excluding hydrogens is 349 g/mol. The third kappa shape index (κ3) is 3.88. The molecule has 0 radical (unpaired) electrons. The van der Waals surface area contributed by atoms with E-state index in [1.165, 1.54) is 4.35 Å². The van der Waals surface area contributed by atoms with Gasteiger partial charge in [-0.3, -0.25) is 0 Å². The van der Waals surface area contributed by atoms with Crippen molar-refractivity contribution in [1.29, 1.82) is 0 Å². The van der Waals surface area contributed by atoms with Crippen LogP contribution in [0.5, 0.6) is 0 Å². The number of rotatable bonds is 5. The molecule has 114 valence electrons. The van der Waals surface area contributed by atoms with Crippen molar-refractivity contribution in [3.63, 3.8) is 0 Å². The Kier molecular flexibility index (Phi) is 4.89. The standard InChI is InChI=1S/C19H16AsNO2/c1-14-12-18(23-21-14)17(13-20-16-10-6-3-7-11-16)19(22)15-8-4-2-5-9-15/h2-13,20H,1H3/b17-13+. The summed E-state index contributed by atoms with van der Waals surface area (Å²) in [4.78, 5) is 14.9. The second-order valence-corrected chi connectivity index (χ2v) is 7.52. The number of nitrogens with zero attached hydrogens (tertiary/aromatic N) is 1. The average Bonchev–Trinajstić information content (AvgIpc) is 3.03. The Morgan fingerprint density at radius 3 is 2.30 bits per heavy atom. The van der Waals surface area contributed by atoms with Crippen LogP contribution in [0.3, 0.4) is 0 Å². The number of hydrogen-bond acceptors (Lipinski definition) is 3. The monoisotopic (exact) mass is 365 g/mol. The molecule has 0 saturated heterocycles. The molecule has 0 aliphatic heterocycles. The Morgan fingerprint density at radius 1 is 1.04 bits per heavy atom. The van der Waals surface area contributed by atoms with Gasteiger partial charge in [-0.1, -0.05) is 0 Å². The molecule has 4 heteroatoms. The fourth-order valence-electron chi connectivity index (χ4n) is 2.17. The molecule has 0 saturated carbocycles. The zero-order chi connectivity index (χ0) is 16.1. The van der Waals surface area contributed by atoms with E-state index >= 15 is 0 Å². The second-order valence-electron chi connectivity index (χ2n) is 5.10. The predicted molar refractivity (Wildman–Crippen MR) is 93.2 cm³/mol. The van der Waals surface area contributed by atoms with Gasteiger partial charge in [0.05, 0.1) is 0 Å². The van der Waals surface area contributed by atoms with Crippen molar-refractivity contribution >= 4 is 31.5 Å². The van der Waals surface area contributed by atoms with Gasteiger partial charge in [-0.2, -0.15) is 0 Å². The molecule has 1 aromatic heterocycles. The number of hydrogen-bond donors (Lipinski definition) is 0. The van der Waals surface area contributed by atoms with Gasteiger partial charge < -0.3 is 0 Å². The van der Waals surface area contributed by atoms with Gasteiger partial charge in [-0.15, -0.1) is 0 Å². The Labute approximate surface area is 141 Å². The van der Waals surface area contributed by atoms with E-state index in [-0.39, 0.29) is 5.78 Å². The molecule has 0 bridgehead atoms. The van der Waals surface area contributed by atoms with Gasteiger partial charge in [0.15, 0.2) is 0 Å². The van der Waals surface area contributed by atoms with Crippen molar-refractivity contribution in [2.24, 2.45) is 0 Å². The van der Waals surface area contributed by atoms with Crippen molar-refractivity contribution in [1.82, 2.24) is 5.16 Å². The quantitative estimate of drug-likeness (QED) is 0.397. The van der Waals surface area contributed by atoms with E-state index in [0.29, 0.717) is 16.9 Å². The molecule has 23 heavy (non-hydrogen) atoms. The number of benzene rings is 2. The van der Waals surface area contributed by atoms with Crippen LogP contribution in [-0.4, -0.2) is 26.7 Å². The second kappa shape index (κ2) is 7.25. The molecule has 1 atom stereocenters. The molecule has 3 aromatic rings. The summed E-state index contributed by atoms with van der Waals surface area (Å²) in [6, 6.07) is 21.3. The van der Waals surface area contributed by atoms with E-state index < -0.39 is 15.8 Å². The normalized spacial score (nSPS) is 12.0. The summed E-state index contributed by atoms with van der Waals surface area (Å²) in [6.45, 7) is 1.85. The van der Waals surface area contributed by atoms with E-state index in [9.17, 15) is 4.79 Å². The molecule has 0 fully saturated rings. The van der Waals surface area contributed by atoms with Crippen molar-refractivity contribution < 1.29 is 9.32 Å². The summed E-state index contributed by atoms with van der Waals surface area (Å²) >= 11 is -0.574. The average molecular weight is 365 g/mol. The van der Waals surface area contributed by atoms with Crippen molar-refractivity contribution in [3.05, 3.63) is 88.6 Å². The zero-order valence-electron chi connectivity index (χ0n) is 12.7. The van der Waals surface area contributed by atoms with Crippen molar-refractivity contribution in [3.8, 4) is 0 Å². The van der Waals surface area contributed by atoms with Crippen LogP contribution in [0.2, 0.25) is 0 Å². The minimum atomic E-state index is -0.574. The maximum absolute atomic E-state index is 12.8. The summed E-state index contributed by atoms with van der Waals surface area (Å²) < 4.78 is 6.60. The Bertz CT molecular complexity index is 823. The van der Waals surface area contributed by atoms with Crippen LogP contribution in [0.4, 0.5) is 0 Å². The Balaban J connectivity index is 1.95. The number of aromatic nitrogens is 1. The van der Waals surface area contributed by atoms with Crippen molar-refractivity contribution in [2.45, 2.75) is 6.92 Å². The fourth-order valence-corrected chi connectivity index (χ4v) is 4.21. The number of aryl methyl sites for hydroxylation is 1. The molecule has 0 spiro atoms. The number of ketones is 1. The molecular formula is C19H16AsNO2. The van der Waals surface area contributed by atoms with Gasteiger partial charge in [0.1, 0.15) is 0 Å². The first-order valence-electron chi connectivity index (χ1n) is 7.29. The third-order valence-electron chi connectivity index (χ3n) is 3.33. The summed E-state index contributed by atoms with van der Waals surface area (Å²) in [5, 5.41) is 3.91. The first-order chi connectivity index (χ1) is 11.2. The van der Waals surface area contributed by atoms with Crippen LogP contribution in [0.15, 0.2) is 76.1 Å². The van der Waals surface area contributed by atoms with Crippen molar-refractivity contribution in [2.75, 3.05) is 0 Å². The molecule has 0 N–H and O–H groups in total. The molecule has 1 heterocycles. The van der Waals surface area contributed by atoms with E-state index in [1.807, 2.05) is 66.4 Å². The Hall–Kier alpha value is -2.38. The molecule has 0 aliphatic carbocycles. The Morgan fingerprint density at radius 2 is 1.70 bits per heavy atom. The van der Waals surface area contributed by atoms with Crippen LogP contribution in [0, 0.1) is 6.92 Å². The van der Waals surface area contributed by atoms with Gasteiger partial charge in [-0.25, -0.2) is 0 Å². The van der Waals surface area contributed by atoms with Crippen LogP contribution >= 0.6 is 0 Å². The number of allylic oxidation sites excluding steroid dienone is 1. The number of carbonyl (C=O) groups is 1. The van der Waals surface area contributed by atoms with Gasteiger partial charge in [0, 0.05) is 0 Å². The summed E-state index contributed by atoms with van der Waals surface area (Å²) in [6.07, 6.45) is 0. The number of carbonyl (C=O) groups excluding carboxylic acids is 1. The molecule has 0 amide bonds. The fraction of sp³-hybridized carbons (Fsp3) is 0.0526. The first-order valence-corrected chi connectivity index (χ1v) is 9.55. The van der Waals surface area contributed by atoms with Gasteiger partial charge in [-0.05, 0) is 0 Å². The van der Waals surface area contributed by atoms with E-state index in [1.54, 1.807) is 0 Å². The van der Waals surface area contributed by atoms with Gasteiger partial charge in [0.2, 0.25) is 0 Å². The summed E-state index contributed by atoms with van der Waals surface area (Å²) in [5.74, 6) is 0.512. The third-order valence-corrected chi connectivity index (χ3v) is 5.64. The van der Waals surface area contributed by atoms with Gasteiger partial charge in [0.25, 0.3) is 0 Å². The maximum atomic E-state index is 12.8. The summed E-state index contributed by atoms with van der Waals surface area (Å²) in [5.41, 5.74) is 2.03. The van der Waals surface area contributed by atoms with Crippen LogP contribution < -0.4 is 4.35 Å². The van der Waals surface area contributed by atoms with Crippen LogP contribution in [0.1, 0.15) is 21.8 Å². The molecule has 3 nitrogen and oxygen atoms in total. The van der Waals surface area contributed by atoms with E-state index in [2.05, 4.69) is 17.3 Å². The first kappa shape index (κ1) is 15.5. The number of Topliss-reactive ketones (excluding diaryl/α,β-unsaturated/α-hetero) is 1. The summed E-state index contributed by atoms with van der Waals surface area (Å²) in [7, 11) is 0. The molecule has 1 unspecified atom stereocenters. The molecule has 2 aromatic carbocycles. The van der Waals surface area contributed by atoms with E-state index in [0.717, 1.165) is 5.69 Å². The van der Waals surface area contributed by atoms with Crippen LogP contribution in [-0.2, 0) is 0 Å². The SMILES string of the molecule is Cc1cc(/C(=C\[AsH]c2ccccc2)C(=O)c2ccccc2)on1. The van der Waals surface area contributed by atoms with E-state index in [4.69, 9.17) is 4.52 Å². The predicted octanol–water partition coefficient (Wildman–Crippen LogP) is 2.97. The molecule has 3 rings (SSSR count). The molecule has 0 aliphatic rings. The topological polar surface area (TPSA) is 43.1 Å². The van der Waals surface area contributed by atoms with Crippen LogP contribution in [0.25, 0.3) is 5.57 Å². The van der Waals surface area contributed by atoms with Gasteiger partial charge >= 0.3 is 141 Å². The zero-order valence-corrected chi connectivity index (χ0v) is 14.8. The minimum absolute atomic E-state index is 0.0265.